The summed E-state index contributed by atoms with van der Waals surface area (Å²) in [5.41, 5.74) is 2.15. The number of nitrogens with one attached hydrogen (secondary N) is 3. The highest BCUT2D eigenvalue weighted by molar-refractivity contribution is 7.99. The molecule has 32 heavy (non-hydrogen) atoms. The van der Waals surface area contributed by atoms with Gasteiger partial charge in [-0.2, -0.15) is 5.10 Å². The van der Waals surface area contributed by atoms with Crippen LogP contribution < -0.4 is 20.7 Å². The minimum atomic E-state index is -0.335. The Morgan fingerprint density at radius 1 is 1.16 bits per heavy atom. The molecule has 9 nitrogen and oxygen atoms in total. The molecule has 0 fully saturated rings. The van der Waals surface area contributed by atoms with Crippen molar-refractivity contribution < 1.29 is 19.1 Å². The van der Waals surface area contributed by atoms with Crippen LogP contribution in [0.25, 0.3) is 0 Å². The Morgan fingerprint density at radius 2 is 1.97 bits per heavy atom. The fourth-order valence-electron chi connectivity index (χ4n) is 3.10. The molecule has 4 rings (SSSR count). The van der Waals surface area contributed by atoms with E-state index in [1.54, 1.807) is 61.5 Å². The highest BCUT2D eigenvalue weighted by Crippen LogP contribution is 2.31. The Kier molecular flexibility index (Phi) is 6.41. The van der Waals surface area contributed by atoms with E-state index in [9.17, 15) is 14.4 Å². The number of benzene rings is 2. The summed E-state index contributed by atoms with van der Waals surface area (Å²) in [6.07, 6.45) is 3.48. The Bertz CT molecular complexity index is 1160. The van der Waals surface area contributed by atoms with Crippen LogP contribution in [0.4, 0.5) is 17.1 Å². The number of fused-ring (bicyclic) bond motifs is 1. The fraction of sp³-hybridized carbons (Fsp3) is 0.182. The van der Waals surface area contributed by atoms with Crippen molar-refractivity contribution in [2.24, 2.45) is 0 Å². The molecule has 3 aromatic rings. The number of aromatic nitrogens is 2. The first kappa shape index (κ1) is 21.4. The van der Waals surface area contributed by atoms with Crippen molar-refractivity contribution in [3.8, 4) is 5.75 Å². The molecule has 0 bridgehead atoms. The average Bonchev–Trinajstić information content (AvgIpc) is 3.11. The highest BCUT2D eigenvalue weighted by Gasteiger charge is 2.16. The summed E-state index contributed by atoms with van der Waals surface area (Å²) < 4.78 is 6.53. The molecule has 0 spiro atoms. The second kappa shape index (κ2) is 9.56. The molecule has 1 aliphatic rings. The number of hydrogen-bond donors (Lipinski definition) is 3. The lowest BCUT2D eigenvalue weighted by molar-refractivity contribution is -0.117. The van der Waals surface area contributed by atoms with Gasteiger partial charge in [0.15, 0.2) is 0 Å². The number of thioether (sulfide) groups is 1. The summed E-state index contributed by atoms with van der Waals surface area (Å²) in [5.74, 6) is 0.748. The lowest BCUT2D eigenvalue weighted by Crippen LogP contribution is -2.19. The van der Waals surface area contributed by atoms with E-state index in [-0.39, 0.29) is 24.3 Å². The zero-order valence-corrected chi connectivity index (χ0v) is 18.1. The zero-order valence-electron chi connectivity index (χ0n) is 17.3. The van der Waals surface area contributed by atoms with E-state index in [0.29, 0.717) is 40.5 Å². The minimum absolute atomic E-state index is 0.00992. The minimum Gasteiger partial charge on any atom is -0.497 e. The lowest BCUT2D eigenvalue weighted by atomic mass is 10.2. The van der Waals surface area contributed by atoms with Gasteiger partial charge in [-0.15, -0.1) is 11.8 Å². The van der Waals surface area contributed by atoms with E-state index >= 15 is 0 Å². The number of carbonyl (C=O) groups excluding carboxylic acids is 3. The number of amides is 3. The standard InChI is InChI=1S/C22H21N5O4S/c1-31-17-5-3-15(4-6-17)24-21(29)13-27-12-16(11-23-27)25-22(30)14-2-7-19-18(10-14)26-20(28)8-9-32-19/h2-7,10-12H,8-9,13H2,1H3,(H,24,29)(H,25,30)(H,26,28). The van der Waals surface area contributed by atoms with Gasteiger partial charge in [0.2, 0.25) is 11.8 Å². The topological polar surface area (TPSA) is 114 Å². The second-order valence-electron chi connectivity index (χ2n) is 7.01. The summed E-state index contributed by atoms with van der Waals surface area (Å²) >= 11 is 1.58. The van der Waals surface area contributed by atoms with Crippen LogP contribution in [0.5, 0.6) is 5.75 Å². The number of methoxy groups -OCH3 is 1. The van der Waals surface area contributed by atoms with Crippen LogP contribution in [-0.4, -0.2) is 40.4 Å². The largest absolute Gasteiger partial charge is 0.497 e. The third kappa shape index (κ3) is 5.27. The number of ether oxygens (including phenoxy) is 1. The molecule has 0 radical (unpaired) electrons. The number of carbonyl (C=O) groups is 3. The fourth-order valence-corrected chi connectivity index (χ4v) is 4.04. The Labute approximate surface area is 188 Å². The molecule has 0 unspecified atom stereocenters. The maximum Gasteiger partial charge on any atom is 0.255 e. The average molecular weight is 452 g/mol. The van der Waals surface area contributed by atoms with E-state index in [4.69, 9.17) is 4.74 Å². The maximum absolute atomic E-state index is 12.6. The van der Waals surface area contributed by atoms with Gasteiger partial charge >= 0.3 is 0 Å². The van der Waals surface area contributed by atoms with Crippen molar-refractivity contribution in [3.63, 3.8) is 0 Å². The van der Waals surface area contributed by atoms with Gasteiger partial charge in [-0.1, -0.05) is 0 Å². The first-order chi connectivity index (χ1) is 15.5. The van der Waals surface area contributed by atoms with Crippen LogP contribution in [0, 0.1) is 0 Å². The molecule has 3 amide bonds. The van der Waals surface area contributed by atoms with E-state index in [1.807, 2.05) is 6.07 Å². The molecule has 0 saturated heterocycles. The number of nitrogens with zero attached hydrogens (tertiary/aromatic N) is 2. The summed E-state index contributed by atoms with van der Waals surface area (Å²) in [4.78, 5) is 37.6. The summed E-state index contributed by atoms with van der Waals surface area (Å²) in [6, 6.07) is 12.2. The van der Waals surface area contributed by atoms with Crippen molar-refractivity contribution in [1.82, 2.24) is 9.78 Å². The quantitative estimate of drug-likeness (QED) is 0.530. The van der Waals surface area contributed by atoms with Gasteiger partial charge in [-0.3, -0.25) is 19.1 Å². The summed E-state index contributed by atoms with van der Waals surface area (Å²) in [7, 11) is 1.57. The van der Waals surface area contributed by atoms with Gasteiger partial charge in [-0.25, -0.2) is 0 Å². The van der Waals surface area contributed by atoms with Crippen LogP contribution >= 0.6 is 11.8 Å². The van der Waals surface area contributed by atoms with Gasteiger partial charge in [0.25, 0.3) is 5.91 Å². The zero-order chi connectivity index (χ0) is 22.5. The van der Waals surface area contributed by atoms with Crippen molar-refractivity contribution in [2.75, 3.05) is 28.8 Å². The van der Waals surface area contributed by atoms with Crippen molar-refractivity contribution in [1.29, 1.82) is 0 Å². The highest BCUT2D eigenvalue weighted by atomic mass is 32.2. The van der Waals surface area contributed by atoms with E-state index in [2.05, 4.69) is 21.0 Å². The summed E-state index contributed by atoms with van der Waals surface area (Å²) in [6.45, 7) is -0.00992. The van der Waals surface area contributed by atoms with E-state index in [1.165, 1.54) is 10.9 Å². The van der Waals surface area contributed by atoms with Gasteiger partial charge < -0.3 is 20.7 Å². The molecular formula is C22H21N5O4S. The molecule has 3 N–H and O–H groups in total. The van der Waals surface area contributed by atoms with Gasteiger partial charge in [0, 0.05) is 34.5 Å². The molecule has 0 saturated carbocycles. The monoisotopic (exact) mass is 451 g/mol. The third-order valence-electron chi connectivity index (χ3n) is 4.67. The lowest BCUT2D eigenvalue weighted by Gasteiger charge is -2.09. The molecule has 1 aromatic heterocycles. The predicted molar refractivity (Wildman–Crippen MR) is 122 cm³/mol. The molecular weight excluding hydrogens is 430 g/mol. The first-order valence-electron chi connectivity index (χ1n) is 9.84. The Hall–Kier alpha value is -3.79. The Balaban J connectivity index is 1.36. The van der Waals surface area contributed by atoms with Crippen molar-refractivity contribution in [2.45, 2.75) is 17.9 Å². The third-order valence-corrected chi connectivity index (χ3v) is 5.75. The Morgan fingerprint density at radius 3 is 2.75 bits per heavy atom. The normalized spacial score (nSPS) is 12.8. The molecule has 0 atom stereocenters. The molecule has 2 aromatic carbocycles. The van der Waals surface area contributed by atoms with Crippen molar-refractivity contribution in [3.05, 3.63) is 60.4 Å². The van der Waals surface area contributed by atoms with Crippen LogP contribution in [0.3, 0.4) is 0 Å². The second-order valence-corrected chi connectivity index (χ2v) is 8.15. The molecule has 164 valence electrons. The smallest absolute Gasteiger partial charge is 0.255 e. The van der Waals surface area contributed by atoms with E-state index < -0.39 is 0 Å². The van der Waals surface area contributed by atoms with Crippen LogP contribution in [0.15, 0.2) is 59.8 Å². The van der Waals surface area contributed by atoms with Gasteiger partial charge in [0.05, 0.1) is 24.7 Å². The van der Waals surface area contributed by atoms with Crippen LogP contribution in [-0.2, 0) is 16.1 Å². The van der Waals surface area contributed by atoms with Crippen molar-refractivity contribution >= 4 is 46.5 Å². The SMILES string of the molecule is COc1ccc(NC(=O)Cn2cc(NC(=O)c3ccc4c(c3)NC(=O)CCS4)cn2)cc1. The maximum atomic E-state index is 12.6. The van der Waals surface area contributed by atoms with Crippen LogP contribution in [0.1, 0.15) is 16.8 Å². The number of rotatable bonds is 6. The summed E-state index contributed by atoms with van der Waals surface area (Å²) in [5, 5.41) is 12.5. The van der Waals surface area contributed by atoms with E-state index in [0.717, 1.165) is 4.90 Å². The van der Waals surface area contributed by atoms with Gasteiger partial charge in [-0.05, 0) is 42.5 Å². The molecule has 1 aliphatic heterocycles. The molecule has 10 heteroatoms. The predicted octanol–water partition coefficient (Wildman–Crippen LogP) is 3.22. The molecule has 0 aliphatic carbocycles. The number of hydrogen-bond acceptors (Lipinski definition) is 6. The van der Waals surface area contributed by atoms with Gasteiger partial charge in [0.1, 0.15) is 12.3 Å². The first-order valence-corrected chi connectivity index (χ1v) is 10.8. The van der Waals surface area contributed by atoms with Crippen LogP contribution in [0.2, 0.25) is 0 Å². The number of anilines is 3. The molecule has 2 heterocycles.